The molecule has 0 bridgehead atoms. The Morgan fingerprint density at radius 1 is 1.57 bits per heavy atom. The molecule has 0 unspecified atom stereocenters. The van der Waals surface area contributed by atoms with Crippen molar-refractivity contribution in [3.63, 3.8) is 0 Å². The lowest BCUT2D eigenvalue weighted by molar-refractivity contribution is 0.108. The summed E-state index contributed by atoms with van der Waals surface area (Å²) in [7, 11) is 0. The van der Waals surface area contributed by atoms with Crippen LogP contribution in [0.3, 0.4) is 0 Å². The predicted octanol–water partition coefficient (Wildman–Crippen LogP) is 3.81. The second kappa shape index (κ2) is 4.51. The van der Waals surface area contributed by atoms with Gasteiger partial charge < -0.3 is 0 Å². The number of alkyl halides is 2. The van der Waals surface area contributed by atoms with E-state index in [1.54, 1.807) is 0 Å². The molecule has 0 atom stereocenters. The van der Waals surface area contributed by atoms with E-state index < -0.39 is 17.2 Å². The highest BCUT2D eigenvalue weighted by atomic mass is 79.9. The van der Waals surface area contributed by atoms with Crippen LogP contribution in [0.1, 0.15) is 22.3 Å². The van der Waals surface area contributed by atoms with Crippen molar-refractivity contribution >= 4 is 44.4 Å². The molecule has 1 rings (SSSR count). The van der Waals surface area contributed by atoms with Gasteiger partial charge in [-0.2, -0.15) is 0 Å². The molecule has 0 saturated heterocycles. The number of pyridine rings is 1. The minimum absolute atomic E-state index is 0.0980. The Kier molecular flexibility index (Phi) is 3.80. The first-order valence-corrected chi connectivity index (χ1v) is 4.82. The number of aromatic nitrogens is 1. The van der Waals surface area contributed by atoms with Crippen LogP contribution in [0.5, 0.6) is 0 Å². The second-order valence-corrected chi connectivity index (χ2v) is 3.74. The number of rotatable bonds is 2. The maximum Gasteiger partial charge on any atom is 0.267 e. The quantitative estimate of drug-likeness (QED) is 0.614. The summed E-state index contributed by atoms with van der Waals surface area (Å²) in [6, 6.07) is 0. The van der Waals surface area contributed by atoms with E-state index in [0.29, 0.717) is 0 Å². The molecule has 0 saturated carbocycles. The van der Waals surface area contributed by atoms with Crippen molar-refractivity contribution in [2.75, 3.05) is 0 Å². The van der Waals surface area contributed by atoms with E-state index >= 15 is 0 Å². The van der Waals surface area contributed by atoms with E-state index in [1.165, 1.54) is 0 Å². The molecule has 76 valence electrons. The van der Waals surface area contributed by atoms with Gasteiger partial charge in [0, 0.05) is 6.20 Å². The maximum absolute atomic E-state index is 12.4. The molecule has 0 fully saturated rings. The van der Waals surface area contributed by atoms with Crippen LogP contribution in [0.4, 0.5) is 8.78 Å². The highest BCUT2D eigenvalue weighted by Gasteiger charge is 2.22. The molecule has 14 heavy (non-hydrogen) atoms. The zero-order valence-electron chi connectivity index (χ0n) is 6.40. The Bertz CT molecular complexity index is 386. The fourth-order valence-corrected chi connectivity index (χ4v) is 1.89. The van der Waals surface area contributed by atoms with E-state index in [0.717, 1.165) is 6.20 Å². The van der Waals surface area contributed by atoms with Crippen molar-refractivity contribution in [2.45, 2.75) is 6.43 Å². The lowest BCUT2D eigenvalue weighted by atomic mass is 10.2. The average Bonchev–Trinajstić information content (AvgIpc) is 2.02. The molecule has 0 aliphatic carbocycles. The summed E-state index contributed by atoms with van der Waals surface area (Å²) < 4.78 is 24.7. The first kappa shape index (κ1) is 11.8. The summed E-state index contributed by atoms with van der Waals surface area (Å²) in [6.45, 7) is 0. The standard InChI is InChI=1S/C7H2BrCl2F2NO/c8-5-3(7(11)12)4(9)2(1-13-5)6(10)14/h1,7H. The molecule has 0 spiro atoms. The highest BCUT2D eigenvalue weighted by molar-refractivity contribution is 9.10. The van der Waals surface area contributed by atoms with Crippen molar-refractivity contribution < 1.29 is 13.6 Å². The third-order valence-electron chi connectivity index (χ3n) is 1.43. The van der Waals surface area contributed by atoms with E-state index in [1.807, 2.05) is 0 Å². The molecule has 0 aromatic carbocycles. The van der Waals surface area contributed by atoms with Crippen LogP contribution in [-0.4, -0.2) is 10.2 Å². The fraction of sp³-hybridized carbons (Fsp3) is 0.143. The normalized spacial score (nSPS) is 10.7. The van der Waals surface area contributed by atoms with Gasteiger partial charge in [0.2, 0.25) is 0 Å². The van der Waals surface area contributed by atoms with E-state index in [4.69, 9.17) is 23.2 Å². The Morgan fingerprint density at radius 3 is 2.57 bits per heavy atom. The molecule has 0 radical (unpaired) electrons. The van der Waals surface area contributed by atoms with Crippen molar-refractivity contribution in [3.8, 4) is 0 Å². The van der Waals surface area contributed by atoms with Gasteiger partial charge in [0.05, 0.1) is 16.1 Å². The van der Waals surface area contributed by atoms with Gasteiger partial charge in [-0.05, 0) is 27.5 Å². The molecule has 0 amide bonds. The van der Waals surface area contributed by atoms with Crippen molar-refractivity contribution in [1.82, 2.24) is 4.98 Å². The van der Waals surface area contributed by atoms with Crippen LogP contribution < -0.4 is 0 Å². The lowest BCUT2D eigenvalue weighted by Crippen LogP contribution is -1.99. The number of hydrogen-bond acceptors (Lipinski definition) is 2. The van der Waals surface area contributed by atoms with Crippen molar-refractivity contribution in [3.05, 3.63) is 26.9 Å². The van der Waals surface area contributed by atoms with Gasteiger partial charge in [-0.25, -0.2) is 13.8 Å². The molecule has 0 aliphatic heterocycles. The zero-order chi connectivity index (χ0) is 10.9. The largest absolute Gasteiger partial charge is 0.275 e. The fourth-order valence-electron chi connectivity index (χ4n) is 0.806. The molecule has 2 nitrogen and oxygen atoms in total. The number of carbonyl (C=O) groups is 1. The molecule has 0 N–H and O–H groups in total. The van der Waals surface area contributed by atoms with Crippen molar-refractivity contribution in [2.24, 2.45) is 0 Å². The number of carbonyl (C=O) groups excluding carboxylic acids is 1. The summed E-state index contributed by atoms with van der Waals surface area (Å²) in [6.07, 6.45) is -1.78. The minimum Gasteiger partial charge on any atom is -0.275 e. The van der Waals surface area contributed by atoms with Crippen LogP contribution in [-0.2, 0) is 0 Å². The molecule has 7 heteroatoms. The monoisotopic (exact) mass is 303 g/mol. The molecular weight excluding hydrogens is 303 g/mol. The van der Waals surface area contributed by atoms with Crippen LogP contribution >= 0.6 is 39.1 Å². The maximum atomic E-state index is 12.4. The van der Waals surface area contributed by atoms with Crippen LogP contribution in [0.25, 0.3) is 0 Å². The topological polar surface area (TPSA) is 30.0 Å². The molecule has 0 aliphatic rings. The van der Waals surface area contributed by atoms with Gasteiger partial charge in [-0.15, -0.1) is 0 Å². The first-order valence-electron chi connectivity index (χ1n) is 3.27. The average molecular weight is 305 g/mol. The van der Waals surface area contributed by atoms with E-state index in [9.17, 15) is 13.6 Å². The summed E-state index contributed by atoms with van der Waals surface area (Å²) in [5, 5.41) is -1.29. The SMILES string of the molecule is O=C(Cl)c1cnc(Br)c(C(F)F)c1Cl. The van der Waals surface area contributed by atoms with Gasteiger partial charge in [-0.3, -0.25) is 4.79 Å². The summed E-state index contributed by atoms with van der Waals surface area (Å²) in [5.41, 5.74) is -0.759. The summed E-state index contributed by atoms with van der Waals surface area (Å²) >= 11 is 13.5. The molecular formula is C7H2BrCl2F2NO. The first-order chi connectivity index (χ1) is 6.45. The Hall–Kier alpha value is -0.260. The zero-order valence-corrected chi connectivity index (χ0v) is 9.50. The van der Waals surface area contributed by atoms with Crippen LogP contribution in [0.2, 0.25) is 5.02 Å². The molecule has 1 aromatic heterocycles. The number of nitrogens with zero attached hydrogens (tertiary/aromatic N) is 1. The highest BCUT2D eigenvalue weighted by Crippen LogP contribution is 2.34. The van der Waals surface area contributed by atoms with Gasteiger partial charge in [0.15, 0.2) is 0 Å². The Balaban J connectivity index is 3.41. The summed E-state index contributed by atoms with van der Waals surface area (Å²) in [5.74, 6) is 0. The molecule has 1 heterocycles. The predicted molar refractivity (Wildman–Crippen MR) is 52.1 cm³/mol. The Morgan fingerprint density at radius 2 is 2.14 bits per heavy atom. The van der Waals surface area contributed by atoms with Gasteiger partial charge >= 0.3 is 0 Å². The third kappa shape index (κ3) is 2.21. The summed E-state index contributed by atoms with van der Waals surface area (Å²) in [4.78, 5) is 14.3. The van der Waals surface area contributed by atoms with Gasteiger partial charge in [0.1, 0.15) is 4.60 Å². The van der Waals surface area contributed by atoms with Gasteiger partial charge in [0.25, 0.3) is 11.7 Å². The molecule has 1 aromatic rings. The lowest BCUT2D eigenvalue weighted by Gasteiger charge is -2.07. The number of hydrogen-bond donors (Lipinski definition) is 0. The van der Waals surface area contributed by atoms with Crippen LogP contribution in [0, 0.1) is 0 Å². The van der Waals surface area contributed by atoms with Crippen molar-refractivity contribution in [1.29, 1.82) is 0 Å². The minimum atomic E-state index is -2.82. The van der Waals surface area contributed by atoms with Gasteiger partial charge in [-0.1, -0.05) is 11.6 Å². The third-order valence-corrected chi connectivity index (χ3v) is 2.67. The Labute approximate surface area is 96.3 Å². The van der Waals surface area contributed by atoms with Crippen LogP contribution in [0.15, 0.2) is 10.8 Å². The second-order valence-electron chi connectivity index (χ2n) is 2.26. The smallest absolute Gasteiger partial charge is 0.267 e. The van der Waals surface area contributed by atoms with E-state index in [-0.39, 0.29) is 15.2 Å². The van der Waals surface area contributed by atoms with E-state index in [2.05, 4.69) is 20.9 Å². The number of halogens is 5.